The molecular formula is C23H27NO4. The van der Waals surface area contributed by atoms with Crippen molar-refractivity contribution >= 4 is 17.8 Å². The highest BCUT2D eigenvalue weighted by molar-refractivity contribution is 6.20. The maximum absolute atomic E-state index is 12.9. The Balaban J connectivity index is 1.36. The predicted molar refractivity (Wildman–Crippen MR) is 102 cm³/mol. The molecule has 0 radical (unpaired) electrons. The lowest BCUT2D eigenvalue weighted by Gasteiger charge is -2.69. The van der Waals surface area contributed by atoms with E-state index in [0.29, 0.717) is 16.2 Å². The Labute approximate surface area is 165 Å². The molecule has 4 bridgehead atoms. The van der Waals surface area contributed by atoms with Crippen molar-refractivity contribution in [3.63, 3.8) is 0 Å². The van der Waals surface area contributed by atoms with Crippen molar-refractivity contribution in [2.75, 3.05) is 0 Å². The van der Waals surface area contributed by atoms with Crippen molar-refractivity contribution < 1.29 is 19.2 Å². The summed E-state index contributed by atoms with van der Waals surface area (Å²) in [6, 6.07) is 6.58. The highest BCUT2D eigenvalue weighted by atomic mass is 16.7. The number of hydrogen-bond donors (Lipinski definition) is 0. The van der Waals surface area contributed by atoms with Gasteiger partial charge in [-0.05, 0) is 72.3 Å². The second-order valence-electron chi connectivity index (χ2n) is 11.1. The smallest absolute Gasteiger partial charge is 0.330 e. The van der Waals surface area contributed by atoms with Crippen molar-refractivity contribution in [1.82, 2.24) is 5.06 Å². The van der Waals surface area contributed by atoms with Crippen LogP contribution in [0.3, 0.4) is 0 Å². The van der Waals surface area contributed by atoms with E-state index in [1.165, 1.54) is 19.3 Å². The first kappa shape index (κ1) is 17.9. The van der Waals surface area contributed by atoms with E-state index in [-0.39, 0.29) is 28.1 Å². The second kappa shape index (κ2) is 5.25. The van der Waals surface area contributed by atoms with E-state index in [9.17, 15) is 14.4 Å². The van der Waals surface area contributed by atoms with E-state index in [0.717, 1.165) is 19.3 Å². The summed E-state index contributed by atoms with van der Waals surface area (Å²) in [7, 11) is 0. The van der Waals surface area contributed by atoms with Gasteiger partial charge in [0.1, 0.15) is 0 Å². The van der Waals surface area contributed by atoms with Gasteiger partial charge in [-0.3, -0.25) is 9.59 Å². The molecule has 0 N–H and O–H groups in total. The highest BCUT2D eigenvalue weighted by Gasteiger charge is 2.64. The number of carbonyl (C=O) groups excluding carboxylic acids is 3. The number of amides is 2. The van der Waals surface area contributed by atoms with Gasteiger partial charge in [0.05, 0.1) is 17.5 Å². The quantitative estimate of drug-likeness (QED) is 0.722. The molecule has 2 amide bonds. The molecule has 0 atom stereocenters. The molecule has 0 unspecified atom stereocenters. The number of fused-ring (bicyclic) bond motifs is 1. The molecule has 28 heavy (non-hydrogen) atoms. The van der Waals surface area contributed by atoms with E-state index in [4.69, 9.17) is 4.84 Å². The van der Waals surface area contributed by atoms with Crippen LogP contribution in [-0.2, 0) is 9.63 Å². The number of benzene rings is 1. The van der Waals surface area contributed by atoms with Crippen molar-refractivity contribution in [2.24, 2.45) is 21.7 Å². The van der Waals surface area contributed by atoms with Crippen LogP contribution in [0.15, 0.2) is 24.3 Å². The fourth-order valence-corrected chi connectivity index (χ4v) is 8.43. The van der Waals surface area contributed by atoms with Gasteiger partial charge in [0, 0.05) is 0 Å². The molecular weight excluding hydrogens is 354 g/mol. The minimum atomic E-state index is -0.551. The van der Waals surface area contributed by atoms with Gasteiger partial charge in [-0.2, -0.15) is 0 Å². The Morgan fingerprint density at radius 1 is 0.857 bits per heavy atom. The minimum absolute atomic E-state index is 0.0806. The van der Waals surface area contributed by atoms with Crippen LogP contribution in [0.1, 0.15) is 86.4 Å². The molecule has 1 aliphatic heterocycles. The van der Waals surface area contributed by atoms with Gasteiger partial charge >= 0.3 is 5.97 Å². The molecule has 6 rings (SSSR count). The van der Waals surface area contributed by atoms with Crippen LogP contribution in [0.5, 0.6) is 0 Å². The van der Waals surface area contributed by atoms with Crippen LogP contribution < -0.4 is 0 Å². The minimum Gasteiger partial charge on any atom is -0.330 e. The van der Waals surface area contributed by atoms with Crippen LogP contribution in [0, 0.1) is 21.7 Å². The number of rotatable bonds is 3. The number of carbonyl (C=O) groups is 3. The Morgan fingerprint density at radius 2 is 1.29 bits per heavy atom. The lowest BCUT2D eigenvalue weighted by molar-refractivity contribution is -0.201. The standard InChI is InChI=1S/C23H27NO4/c1-20-9-21(2)11-22(3,10-20)14-23(12-20,13-21)8-17(25)28-24-18(26)15-6-4-5-7-16(15)19(24)27/h4-7H,8-14H2,1-3H3. The number of nitrogens with zero attached hydrogens (tertiary/aromatic N) is 1. The average molecular weight is 381 g/mol. The van der Waals surface area contributed by atoms with Crippen molar-refractivity contribution in [1.29, 1.82) is 0 Å². The maximum atomic E-state index is 12.9. The molecule has 148 valence electrons. The van der Waals surface area contributed by atoms with E-state index in [1.54, 1.807) is 24.3 Å². The fraction of sp³-hybridized carbons (Fsp3) is 0.609. The third kappa shape index (κ3) is 2.55. The van der Waals surface area contributed by atoms with E-state index < -0.39 is 17.8 Å². The Bertz CT molecular complexity index is 830. The van der Waals surface area contributed by atoms with Crippen molar-refractivity contribution in [2.45, 2.75) is 65.7 Å². The summed E-state index contributed by atoms with van der Waals surface area (Å²) in [5.41, 5.74) is 1.32. The van der Waals surface area contributed by atoms with Crippen LogP contribution in [-0.4, -0.2) is 22.8 Å². The Morgan fingerprint density at radius 3 is 1.71 bits per heavy atom. The molecule has 1 heterocycles. The monoisotopic (exact) mass is 381 g/mol. The fourth-order valence-electron chi connectivity index (χ4n) is 8.43. The molecule has 4 saturated carbocycles. The zero-order chi connectivity index (χ0) is 19.9. The van der Waals surface area contributed by atoms with Crippen LogP contribution in [0.25, 0.3) is 0 Å². The molecule has 0 spiro atoms. The lowest BCUT2D eigenvalue weighted by atomic mass is 9.36. The lowest BCUT2D eigenvalue weighted by Crippen LogP contribution is -2.59. The molecule has 4 fully saturated rings. The zero-order valence-electron chi connectivity index (χ0n) is 16.8. The summed E-state index contributed by atoms with van der Waals surface area (Å²) in [5.74, 6) is -1.57. The van der Waals surface area contributed by atoms with E-state index >= 15 is 0 Å². The molecule has 5 heteroatoms. The molecule has 5 aliphatic rings. The highest BCUT2D eigenvalue weighted by Crippen LogP contribution is 2.74. The molecule has 0 saturated heterocycles. The van der Waals surface area contributed by atoms with Gasteiger partial charge in [0.25, 0.3) is 11.8 Å². The third-order valence-electron chi connectivity index (χ3n) is 7.44. The third-order valence-corrected chi connectivity index (χ3v) is 7.44. The van der Waals surface area contributed by atoms with Gasteiger partial charge < -0.3 is 4.84 Å². The summed E-state index contributed by atoms with van der Waals surface area (Å²) >= 11 is 0. The number of hydrogen-bond acceptors (Lipinski definition) is 4. The van der Waals surface area contributed by atoms with Crippen LogP contribution in [0.2, 0.25) is 0 Å². The van der Waals surface area contributed by atoms with Crippen LogP contribution in [0.4, 0.5) is 0 Å². The molecule has 5 nitrogen and oxygen atoms in total. The molecule has 1 aromatic carbocycles. The normalized spacial score (nSPS) is 40.8. The Hall–Kier alpha value is -2.17. The van der Waals surface area contributed by atoms with Gasteiger partial charge in [0.15, 0.2) is 0 Å². The van der Waals surface area contributed by atoms with Gasteiger partial charge in [0.2, 0.25) is 0 Å². The summed E-state index contributed by atoms with van der Waals surface area (Å²) in [5, 5.41) is 0.651. The largest absolute Gasteiger partial charge is 0.333 e. The summed E-state index contributed by atoms with van der Waals surface area (Å²) in [4.78, 5) is 43.2. The number of imide groups is 1. The molecule has 0 aromatic heterocycles. The molecule has 4 aliphatic carbocycles. The summed E-state index contributed by atoms with van der Waals surface area (Å²) in [6.07, 6.45) is 7.05. The summed E-state index contributed by atoms with van der Waals surface area (Å²) < 4.78 is 0. The van der Waals surface area contributed by atoms with E-state index in [1.807, 2.05) is 0 Å². The summed E-state index contributed by atoms with van der Waals surface area (Å²) in [6.45, 7) is 7.10. The predicted octanol–water partition coefficient (Wildman–Crippen LogP) is 4.52. The first-order chi connectivity index (χ1) is 13.0. The van der Waals surface area contributed by atoms with Gasteiger partial charge in [-0.1, -0.05) is 38.0 Å². The van der Waals surface area contributed by atoms with Crippen LogP contribution >= 0.6 is 0 Å². The van der Waals surface area contributed by atoms with Crippen molar-refractivity contribution in [3.8, 4) is 0 Å². The average Bonchev–Trinajstić information content (AvgIpc) is 2.75. The first-order valence-corrected chi connectivity index (χ1v) is 10.2. The molecule has 1 aromatic rings. The van der Waals surface area contributed by atoms with Gasteiger partial charge in [-0.25, -0.2) is 4.79 Å². The van der Waals surface area contributed by atoms with Crippen molar-refractivity contribution in [3.05, 3.63) is 35.4 Å². The SMILES string of the molecule is CC12CC3(C)CC(C)(C1)CC(CC(=O)ON1C(=O)c4ccccc4C1=O)(C2)C3. The topological polar surface area (TPSA) is 63.7 Å². The maximum Gasteiger partial charge on any atom is 0.333 e. The number of hydroxylamine groups is 2. The first-order valence-electron chi connectivity index (χ1n) is 10.2. The van der Waals surface area contributed by atoms with E-state index in [2.05, 4.69) is 20.8 Å². The second-order valence-corrected chi connectivity index (χ2v) is 11.1. The zero-order valence-corrected chi connectivity index (χ0v) is 16.8. The van der Waals surface area contributed by atoms with Gasteiger partial charge in [-0.15, -0.1) is 0 Å². The Kier molecular flexibility index (Phi) is 3.35.